The molecule has 0 radical (unpaired) electrons. The summed E-state index contributed by atoms with van der Waals surface area (Å²) in [5.74, 6) is 0.455. The summed E-state index contributed by atoms with van der Waals surface area (Å²) in [6, 6.07) is 8.72. The van der Waals surface area contributed by atoms with Crippen molar-refractivity contribution in [1.82, 2.24) is 10.1 Å². The van der Waals surface area contributed by atoms with Gasteiger partial charge in [-0.3, -0.25) is 4.79 Å². The highest BCUT2D eigenvalue weighted by molar-refractivity contribution is 7.98. The van der Waals surface area contributed by atoms with E-state index in [1.807, 2.05) is 26.0 Å². The summed E-state index contributed by atoms with van der Waals surface area (Å²) in [4.78, 5) is 30.3. The SMILES string of the molecule is Cc1cc(CSc2ncccc2C(=O)OCC(=O)c2ccc(C)s2)no1. The lowest BCUT2D eigenvalue weighted by Crippen LogP contribution is -2.14. The number of aromatic nitrogens is 2. The second kappa shape index (κ2) is 8.29. The minimum absolute atomic E-state index is 0.215. The Morgan fingerprint density at radius 1 is 1.27 bits per heavy atom. The molecule has 0 bridgehead atoms. The summed E-state index contributed by atoms with van der Waals surface area (Å²) >= 11 is 2.74. The smallest absolute Gasteiger partial charge is 0.341 e. The van der Waals surface area contributed by atoms with Crippen LogP contribution in [0.4, 0.5) is 0 Å². The molecule has 0 fully saturated rings. The van der Waals surface area contributed by atoms with Gasteiger partial charge in [0.15, 0.2) is 6.61 Å². The van der Waals surface area contributed by atoms with E-state index in [1.165, 1.54) is 23.1 Å². The zero-order chi connectivity index (χ0) is 18.5. The highest BCUT2D eigenvalue weighted by Gasteiger charge is 2.17. The Bertz CT molecular complexity index is 933. The third-order valence-corrected chi connectivity index (χ3v) is 5.45. The van der Waals surface area contributed by atoms with Gasteiger partial charge in [-0.1, -0.05) is 16.9 Å². The first kappa shape index (κ1) is 18.3. The first-order chi connectivity index (χ1) is 12.5. The Morgan fingerprint density at radius 3 is 2.81 bits per heavy atom. The Balaban J connectivity index is 1.62. The number of esters is 1. The average Bonchev–Trinajstić information content (AvgIpc) is 3.26. The standard InChI is InChI=1S/C18H16N2O4S2/c1-11-8-13(20-24-11)10-25-17-14(4-3-7-19-17)18(22)23-9-15(21)16-6-5-12(2)26-16/h3-8H,9-10H2,1-2H3. The molecule has 0 amide bonds. The lowest BCUT2D eigenvalue weighted by Gasteiger charge is -2.07. The maximum absolute atomic E-state index is 12.4. The van der Waals surface area contributed by atoms with Gasteiger partial charge < -0.3 is 9.26 Å². The van der Waals surface area contributed by atoms with E-state index in [9.17, 15) is 9.59 Å². The van der Waals surface area contributed by atoms with Crippen molar-refractivity contribution in [1.29, 1.82) is 0 Å². The van der Waals surface area contributed by atoms with Crippen LogP contribution in [0.25, 0.3) is 0 Å². The molecule has 3 aromatic rings. The van der Waals surface area contributed by atoms with Crippen LogP contribution < -0.4 is 0 Å². The molecule has 134 valence electrons. The molecular formula is C18H16N2O4S2. The van der Waals surface area contributed by atoms with Gasteiger partial charge >= 0.3 is 5.97 Å². The highest BCUT2D eigenvalue weighted by Crippen LogP contribution is 2.25. The first-order valence-corrected chi connectivity index (χ1v) is 9.60. The van der Waals surface area contributed by atoms with Gasteiger partial charge in [0, 0.05) is 22.9 Å². The van der Waals surface area contributed by atoms with Gasteiger partial charge in [-0.05, 0) is 38.1 Å². The maximum atomic E-state index is 12.4. The summed E-state index contributed by atoms with van der Waals surface area (Å²) in [6.07, 6.45) is 1.60. The maximum Gasteiger partial charge on any atom is 0.341 e. The van der Waals surface area contributed by atoms with Gasteiger partial charge in [0.05, 0.1) is 16.1 Å². The van der Waals surface area contributed by atoms with Crippen LogP contribution in [0.2, 0.25) is 0 Å². The third kappa shape index (κ3) is 4.59. The number of rotatable bonds is 7. The third-order valence-electron chi connectivity index (χ3n) is 3.37. The quantitative estimate of drug-likeness (QED) is 0.343. The van der Waals surface area contributed by atoms with Gasteiger partial charge in [0.2, 0.25) is 5.78 Å². The molecule has 8 heteroatoms. The number of carbonyl (C=O) groups is 2. The number of pyridine rings is 1. The van der Waals surface area contributed by atoms with Crippen LogP contribution in [-0.4, -0.2) is 28.5 Å². The van der Waals surface area contributed by atoms with E-state index in [0.29, 0.717) is 21.2 Å². The molecule has 0 atom stereocenters. The van der Waals surface area contributed by atoms with E-state index in [2.05, 4.69) is 10.1 Å². The van der Waals surface area contributed by atoms with Crippen LogP contribution in [0.3, 0.4) is 0 Å². The van der Waals surface area contributed by atoms with Gasteiger partial charge in [-0.2, -0.15) is 0 Å². The normalized spacial score (nSPS) is 10.7. The number of carbonyl (C=O) groups excluding carboxylic acids is 2. The van der Waals surface area contributed by atoms with E-state index >= 15 is 0 Å². The van der Waals surface area contributed by atoms with Crippen molar-refractivity contribution in [2.45, 2.75) is 24.6 Å². The predicted octanol–water partition coefficient (Wildman–Crippen LogP) is 4.08. The van der Waals surface area contributed by atoms with Crippen molar-refractivity contribution >= 4 is 34.9 Å². The van der Waals surface area contributed by atoms with Gasteiger partial charge in [-0.25, -0.2) is 9.78 Å². The number of hydrogen-bond donors (Lipinski definition) is 0. The predicted molar refractivity (Wildman–Crippen MR) is 98.7 cm³/mol. The average molecular weight is 388 g/mol. The van der Waals surface area contributed by atoms with E-state index in [0.717, 1.165) is 16.3 Å². The number of Topliss-reactive ketones (excluding diaryl/α,β-unsaturated/α-hetero) is 1. The molecule has 0 aromatic carbocycles. The molecule has 26 heavy (non-hydrogen) atoms. The molecule has 0 saturated heterocycles. The summed E-state index contributed by atoms with van der Waals surface area (Å²) in [6.45, 7) is 3.44. The fraction of sp³-hybridized carbons (Fsp3) is 0.222. The number of hydrogen-bond acceptors (Lipinski definition) is 8. The lowest BCUT2D eigenvalue weighted by atomic mass is 10.3. The minimum Gasteiger partial charge on any atom is -0.454 e. The molecule has 0 aliphatic carbocycles. The summed E-state index contributed by atoms with van der Waals surface area (Å²) in [7, 11) is 0. The van der Waals surface area contributed by atoms with Crippen LogP contribution in [0.5, 0.6) is 0 Å². The van der Waals surface area contributed by atoms with E-state index in [-0.39, 0.29) is 12.4 Å². The van der Waals surface area contributed by atoms with E-state index in [1.54, 1.807) is 24.4 Å². The second-order valence-electron chi connectivity index (χ2n) is 5.48. The van der Waals surface area contributed by atoms with Crippen molar-refractivity contribution in [2.75, 3.05) is 6.61 Å². The van der Waals surface area contributed by atoms with Crippen LogP contribution in [-0.2, 0) is 10.5 Å². The molecule has 0 aliphatic heterocycles. The van der Waals surface area contributed by atoms with Gasteiger partial charge in [0.25, 0.3) is 0 Å². The Morgan fingerprint density at radius 2 is 2.12 bits per heavy atom. The largest absolute Gasteiger partial charge is 0.454 e. The van der Waals surface area contributed by atoms with Gasteiger partial charge in [0.1, 0.15) is 10.8 Å². The summed E-state index contributed by atoms with van der Waals surface area (Å²) in [5, 5.41) is 4.44. The van der Waals surface area contributed by atoms with Crippen molar-refractivity contribution in [3.8, 4) is 0 Å². The lowest BCUT2D eigenvalue weighted by molar-refractivity contribution is 0.0471. The molecule has 0 aliphatic rings. The number of thiophene rings is 1. The van der Waals surface area contributed by atoms with Crippen LogP contribution >= 0.6 is 23.1 Å². The summed E-state index contributed by atoms with van der Waals surface area (Å²) < 4.78 is 10.2. The second-order valence-corrected chi connectivity index (χ2v) is 7.74. The molecule has 3 aromatic heterocycles. The number of ether oxygens (including phenoxy) is 1. The molecule has 3 rings (SSSR count). The van der Waals surface area contributed by atoms with Crippen molar-refractivity contribution in [2.24, 2.45) is 0 Å². The van der Waals surface area contributed by atoms with Crippen molar-refractivity contribution in [3.63, 3.8) is 0 Å². The first-order valence-electron chi connectivity index (χ1n) is 7.79. The fourth-order valence-electron chi connectivity index (χ4n) is 2.15. The molecule has 3 heterocycles. The molecule has 0 saturated carbocycles. The molecule has 0 spiro atoms. The molecule has 0 unspecified atom stereocenters. The van der Waals surface area contributed by atoms with Crippen LogP contribution in [0.15, 0.2) is 46.1 Å². The number of aryl methyl sites for hydroxylation is 2. The Kier molecular flexibility index (Phi) is 5.85. The van der Waals surface area contributed by atoms with E-state index in [4.69, 9.17) is 9.26 Å². The molecule has 0 N–H and O–H groups in total. The number of nitrogens with zero attached hydrogens (tertiary/aromatic N) is 2. The number of thioether (sulfide) groups is 1. The minimum atomic E-state index is -0.571. The topological polar surface area (TPSA) is 82.3 Å². The Labute approximate surface area is 158 Å². The van der Waals surface area contributed by atoms with E-state index < -0.39 is 5.97 Å². The van der Waals surface area contributed by atoms with Crippen LogP contribution in [0, 0.1) is 13.8 Å². The zero-order valence-electron chi connectivity index (χ0n) is 14.2. The molecular weight excluding hydrogens is 372 g/mol. The monoisotopic (exact) mass is 388 g/mol. The number of ketones is 1. The van der Waals surface area contributed by atoms with Crippen LogP contribution in [0.1, 0.15) is 36.4 Å². The van der Waals surface area contributed by atoms with Gasteiger partial charge in [-0.15, -0.1) is 11.3 Å². The van der Waals surface area contributed by atoms with Crippen molar-refractivity contribution < 1.29 is 18.8 Å². The fourth-order valence-corrected chi connectivity index (χ4v) is 3.81. The highest BCUT2D eigenvalue weighted by atomic mass is 32.2. The van der Waals surface area contributed by atoms with Crippen molar-refractivity contribution in [3.05, 3.63) is 63.3 Å². The zero-order valence-corrected chi connectivity index (χ0v) is 15.9. The summed E-state index contributed by atoms with van der Waals surface area (Å²) in [5.41, 5.74) is 1.09. The Hall–Kier alpha value is -2.45. The molecule has 6 nitrogen and oxygen atoms in total.